The highest BCUT2D eigenvalue weighted by atomic mass is 28.3. The first-order valence-electron chi connectivity index (χ1n) is 7.07. The van der Waals surface area contributed by atoms with Crippen LogP contribution in [0.3, 0.4) is 0 Å². The number of alkyl carbamates (subject to hydrolysis) is 1. The Bertz CT molecular complexity index is 362. The van der Waals surface area contributed by atoms with Crippen molar-refractivity contribution in [3.8, 4) is 0 Å². The van der Waals surface area contributed by atoms with Crippen LogP contribution in [0.4, 0.5) is 4.79 Å². The van der Waals surface area contributed by atoms with Crippen LogP contribution in [0.1, 0.15) is 6.92 Å². The smallest absolute Gasteiger partial charge is 0.408 e. The molecule has 8 heteroatoms. The second kappa shape index (κ2) is 7.76. The van der Waals surface area contributed by atoms with Crippen LogP contribution in [0, 0.1) is 0 Å². The van der Waals surface area contributed by atoms with E-state index < -0.39 is 25.7 Å². The van der Waals surface area contributed by atoms with Crippen LogP contribution >= 0.6 is 0 Å². The number of hydrogen-bond donors (Lipinski definition) is 1. The summed E-state index contributed by atoms with van der Waals surface area (Å²) < 4.78 is 20.4. The predicted octanol–water partition coefficient (Wildman–Crippen LogP) is 1.36. The van der Waals surface area contributed by atoms with Crippen molar-refractivity contribution in [1.29, 1.82) is 0 Å². The van der Waals surface area contributed by atoms with E-state index in [4.69, 9.17) is 18.9 Å². The molecule has 7 nitrogen and oxygen atoms in total. The van der Waals surface area contributed by atoms with Gasteiger partial charge in [-0.15, -0.1) is 0 Å². The van der Waals surface area contributed by atoms with Crippen molar-refractivity contribution >= 4 is 20.1 Å². The fourth-order valence-electron chi connectivity index (χ4n) is 1.72. The van der Waals surface area contributed by atoms with Crippen LogP contribution < -0.4 is 5.32 Å². The summed E-state index contributed by atoms with van der Waals surface area (Å²) in [5.41, 5.74) is -1.33. The van der Waals surface area contributed by atoms with Gasteiger partial charge in [0.25, 0.3) is 0 Å². The molecule has 0 spiro atoms. The van der Waals surface area contributed by atoms with E-state index in [1.165, 1.54) is 0 Å². The number of esters is 1. The van der Waals surface area contributed by atoms with Gasteiger partial charge in [0.15, 0.2) is 5.54 Å². The molecular weight excluding hydrogens is 294 g/mol. The maximum atomic E-state index is 12.0. The van der Waals surface area contributed by atoms with Crippen molar-refractivity contribution in [2.24, 2.45) is 0 Å². The molecule has 1 aliphatic rings. The second-order valence-corrected chi connectivity index (χ2v) is 11.8. The Morgan fingerprint density at radius 3 is 2.33 bits per heavy atom. The van der Waals surface area contributed by atoms with Crippen LogP contribution in [0.25, 0.3) is 0 Å². The van der Waals surface area contributed by atoms with Gasteiger partial charge in [-0.1, -0.05) is 19.6 Å². The van der Waals surface area contributed by atoms with Gasteiger partial charge in [-0.25, -0.2) is 9.59 Å². The molecule has 0 aromatic heterocycles. The number of nitrogens with one attached hydrogen (secondary N) is 1. The van der Waals surface area contributed by atoms with Gasteiger partial charge in [0, 0.05) is 8.07 Å². The molecule has 1 aliphatic heterocycles. The van der Waals surface area contributed by atoms with Crippen molar-refractivity contribution in [2.45, 2.75) is 38.1 Å². The molecule has 1 rings (SSSR count). The Balaban J connectivity index is 2.56. The number of amides is 1. The summed E-state index contributed by atoms with van der Waals surface area (Å²) in [5.74, 6) is -0.577. The average Bonchev–Trinajstić information content (AvgIpc) is 2.38. The van der Waals surface area contributed by atoms with E-state index in [1.54, 1.807) is 6.92 Å². The average molecular weight is 319 g/mol. The first-order valence-corrected chi connectivity index (χ1v) is 10.8. The summed E-state index contributed by atoms with van der Waals surface area (Å²) >= 11 is 0. The topological polar surface area (TPSA) is 83.1 Å². The lowest BCUT2D eigenvalue weighted by atomic mass is 10.0. The lowest BCUT2D eigenvalue weighted by Gasteiger charge is -2.34. The number of ether oxygens (including phenoxy) is 4. The summed E-state index contributed by atoms with van der Waals surface area (Å²) in [6.45, 7) is 8.93. The van der Waals surface area contributed by atoms with Crippen molar-refractivity contribution < 1.29 is 28.5 Å². The summed E-state index contributed by atoms with van der Waals surface area (Å²) in [6.07, 6.45) is -0.657. The van der Waals surface area contributed by atoms with Crippen LogP contribution in [0.2, 0.25) is 25.7 Å². The van der Waals surface area contributed by atoms with E-state index in [-0.39, 0.29) is 26.6 Å². The summed E-state index contributed by atoms with van der Waals surface area (Å²) in [7, 11) is -1.28. The lowest BCUT2D eigenvalue weighted by molar-refractivity contribution is -0.180. The molecular formula is C13H25NO6Si. The Hall–Kier alpha value is -1.12. The van der Waals surface area contributed by atoms with Gasteiger partial charge in [-0.2, -0.15) is 0 Å². The van der Waals surface area contributed by atoms with E-state index in [9.17, 15) is 9.59 Å². The standard InChI is InChI=1S/C13H25NO6Si/c1-5-19-11(15)13(8-17-10-18-9-13)14-12(16)20-6-7-21(2,3)4/h5-10H2,1-4H3,(H,14,16). The minimum absolute atomic E-state index is 0.00888. The zero-order chi connectivity index (χ0) is 15.9. The zero-order valence-electron chi connectivity index (χ0n) is 13.2. The van der Waals surface area contributed by atoms with Crippen molar-refractivity contribution in [1.82, 2.24) is 5.32 Å². The molecule has 0 aliphatic carbocycles. The molecule has 0 aromatic carbocycles. The molecule has 0 saturated carbocycles. The third kappa shape index (κ3) is 6.02. The second-order valence-electron chi connectivity index (χ2n) is 6.19. The molecule has 1 saturated heterocycles. The number of rotatable bonds is 6. The maximum absolute atomic E-state index is 12.0. The highest BCUT2D eigenvalue weighted by Crippen LogP contribution is 2.15. The van der Waals surface area contributed by atoms with Gasteiger partial charge < -0.3 is 24.3 Å². The van der Waals surface area contributed by atoms with E-state index >= 15 is 0 Å². The van der Waals surface area contributed by atoms with Crippen molar-refractivity contribution in [2.75, 3.05) is 33.2 Å². The van der Waals surface area contributed by atoms with Gasteiger partial charge in [0.1, 0.15) is 6.79 Å². The Kier molecular flexibility index (Phi) is 6.63. The van der Waals surface area contributed by atoms with E-state index in [0.29, 0.717) is 6.61 Å². The lowest BCUT2D eigenvalue weighted by Crippen LogP contribution is -2.63. The van der Waals surface area contributed by atoms with Gasteiger partial charge in [-0.05, 0) is 13.0 Å². The van der Waals surface area contributed by atoms with Crippen LogP contribution in [0.5, 0.6) is 0 Å². The van der Waals surface area contributed by atoms with Crippen molar-refractivity contribution in [3.05, 3.63) is 0 Å². The largest absolute Gasteiger partial charge is 0.464 e. The van der Waals surface area contributed by atoms with Crippen LogP contribution in [-0.2, 0) is 23.7 Å². The highest BCUT2D eigenvalue weighted by molar-refractivity contribution is 6.76. The van der Waals surface area contributed by atoms with Gasteiger partial charge in [0.05, 0.1) is 26.4 Å². The molecule has 122 valence electrons. The van der Waals surface area contributed by atoms with E-state index in [0.717, 1.165) is 6.04 Å². The summed E-state index contributed by atoms with van der Waals surface area (Å²) in [4.78, 5) is 23.9. The Morgan fingerprint density at radius 2 is 1.81 bits per heavy atom. The number of carbonyl (C=O) groups is 2. The Morgan fingerprint density at radius 1 is 1.19 bits per heavy atom. The normalized spacial score (nSPS) is 17.9. The monoisotopic (exact) mass is 319 g/mol. The van der Waals surface area contributed by atoms with Crippen molar-refractivity contribution in [3.63, 3.8) is 0 Å². The fourth-order valence-corrected chi connectivity index (χ4v) is 2.44. The molecule has 21 heavy (non-hydrogen) atoms. The highest BCUT2D eigenvalue weighted by Gasteiger charge is 2.45. The Labute approximate surface area is 126 Å². The van der Waals surface area contributed by atoms with Gasteiger partial charge >= 0.3 is 12.1 Å². The number of hydrogen-bond acceptors (Lipinski definition) is 6. The summed E-state index contributed by atoms with van der Waals surface area (Å²) in [5, 5.41) is 2.53. The third-order valence-corrected chi connectivity index (χ3v) is 4.66. The minimum atomic E-state index is -1.33. The molecule has 1 N–H and O–H groups in total. The molecule has 0 bridgehead atoms. The fraction of sp³-hybridized carbons (Fsp3) is 0.846. The first-order chi connectivity index (χ1) is 9.79. The quantitative estimate of drug-likeness (QED) is 0.588. The molecule has 0 radical (unpaired) electrons. The molecule has 0 aromatic rings. The predicted molar refractivity (Wildman–Crippen MR) is 78.8 cm³/mol. The molecule has 0 unspecified atom stereocenters. The van der Waals surface area contributed by atoms with E-state index in [1.807, 2.05) is 0 Å². The van der Waals surface area contributed by atoms with Gasteiger partial charge in [0.2, 0.25) is 0 Å². The third-order valence-electron chi connectivity index (χ3n) is 2.96. The molecule has 0 atom stereocenters. The number of carbonyl (C=O) groups excluding carboxylic acids is 2. The molecule has 1 heterocycles. The SMILES string of the molecule is CCOC(=O)C1(NC(=O)OCC[Si](C)(C)C)COCOC1. The van der Waals surface area contributed by atoms with E-state index in [2.05, 4.69) is 25.0 Å². The molecule has 1 fully saturated rings. The van der Waals surface area contributed by atoms with Crippen LogP contribution in [0.15, 0.2) is 0 Å². The van der Waals surface area contributed by atoms with Crippen LogP contribution in [-0.4, -0.2) is 58.9 Å². The zero-order valence-corrected chi connectivity index (χ0v) is 14.2. The van der Waals surface area contributed by atoms with Gasteiger partial charge in [-0.3, -0.25) is 0 Å². The minimum Gasteiger partial charge on any atom is -0.464 e. The summed E-state index contributed by atoms with van der Waals surface area (Å²) in [6, 6.07) is 0.861. The maximum Gasteiger partial charge on any atom is 0.408 e. The first kappa shape index (κ1) is 17.9. The molecule has 1 amide bonds.